The van der Waals surface area contributed by atoms with E-state index in [1.54, 1.807) is 0 Å². The summed E-state index contributed by atoms with van der Waals surface area (Å²) >= 11 is 2.96. The average Bonchev–Trinajstić information content (AvgIpc) is 2.75. The van der Waals surface area contributed by atoms with Crippen LogP contribution in [-0.4, -0.2) is 37.0 Å². The Balaban J connectivity index is 2.48. The van der Waals surface area contributed by atoms with Crippen molar-refractivity contribution in [1.82, 2.24) is 4.31 Å². The molecule has 0 saturated carbocycles. The number of nitrogens with two attached hydrogens (primary N) is 1. The van der Waals surface area contributed by atoms with Gasteiger partial charge in [-0.1, -0.05) is 6.92 Å². The normalized spacial score (nSPS) is 24.2. The molecule has 0 amide bonds. The van der Waals surface area contributed by atoms with Crippen LogP contribution in [0.4, 0.5) is 10.1 Å². The Morgan fingerprint density at radius 2 is 2.20 bits per heavy atom. The lowest BCUT2D eigenvalue weighted by Gasteiger charge is -2.25. The van der Waals surface area contributed by atoms with Crippen LogP contribution in [0.2, 0.25) is 0 Å². The Morgan fingerprint density at radius 1 is 1.55 bits per heavy atom. The van der Waals surface area contributed by atoms with E-state index in [1.807, 2.05) is 6.92 Å². The van der Waals surface area contributed by atoms with Gasteiger partial charge in [0.1, 0.15) is 10.7 Å². The maximum Gasteiger partial charge on any atom is 0.245 e. The highest BCUT2D eigenvalue weighted by atomic mass is 79.9. The molecule has 1 aromatic rings. The molecule has 112 valence electrons. The lowest BCUT2D eigenvalue weighted by Crippen LogP contribution is -2.40. The first kappa shape index (κ1) is 15.7. The molecule has 0 aromatic heterocycles. The third-order valence-electron chi connectivity index (χ3n) is 3.66. The topological polar surface area (TPSA) is 83.6 Å². The molecule has 2 atom stereocenters. The molecule has 2 unspecified atom stereocenters. The van der Waals surface area contributed by atoms with Crippen LogP contribution in [-0.2, 0) is 10.0 Å². The molecule has 1 aromatic carbocycles. The minimum atomic E-state index is -3.85. The smallest absolute Gasteiger partial charge is 0.245 e. The molecule has 0 spiro atoms. The average molecular weight is 367 g/mol. The third kappa shape index (κ3) is 2.57. The fourth-order valence-corrected chi connectivity index (χ4v) is 4.78. The summed E-state index contributed by atoms with van der Waals surface area (Å²) in [5.41, 5.74) is 5.50. The molecule has 1 heterocycles. The molecule has 0 bridgehead atoms. The monoisotopic (exact) mass is 366 g/mol. The highest BCUT2D eigenvalue weighted by molar-refractivity contribution is 9.10. The molecule has 5 nitrogen and oxygen atoms in total. The lowest BCUT2D eigenvalue weighted by atomic mass is 10.0. The van der Waals surface area contributed by atoms with Gasteiger partial charge in [-0.05, 0) is 40.4 Å². The molecular formula is C12H16BrFN2O3S. The Hall–Kier alpha value is -0.700. The van der Waals surface area contributed by atoms with Gasteiger partial charge in [-0.2, -0.15) is 4.31 Å². The quantitative estimate of drug-likeness (QED) is 0.795. The van der Waals surface area contributed by atoms with E-state index in [1.165, 1.54) is 4.31 Å². The summed E-state index contributed by atoms with van der Waals surface area (Å²) in [5, 5.41) is 9.38. The van der Waals surface area contributed by atoms with E-state index in [4.69, 9.17) is 5.73 Å². The van der Waals surface area contributed by atoms with E-state index in [-0.39, 0.29) is 27.6 Å². The lowest BCUT2D eigenvalue weighted by molar-refractivity contribution is 0.191. The SMILES string of the molecule is CC1CCN(S(=O)(=O)c2cc(Br)c(F)cc2N)C1CO. The summed E-state index contributed by atoms with van der Waals surface area (Å²) < 4.78 is 39.9. The van der Waals surface area contributed by atoms with Crippen molar-refractivity contribution in [1.29, 1.82) is 0 Å². The minimum Gasteiger partial charge on any atom is -0.398 e. The largest absolute Gasteiger partial charge is 0.398 e. The maximum atomic E-state index is 13.4. The molecule has 1 aliphatic heterocycles. The fraction of sp³-hybridized carbons (Fsp3) is 0.500. The van der Waals surface area contributed by atoms with Crippen LogP contribution in [0.15, 0.2) is 21.5 Å². The first-order valence-corrected chi connectivity index (χ1v) is 8.39. The third-order valence-corrected chi connectivity index (χ3v) is 6.25. The summed E-state index contributed by atoms with van der Waals surface area (Å²) in [6, 6.07) is 1.67. The van der Waals surface area contributed by atoms with Crippen molar-refractivity contribution in [2.24, 2.45) is 5.92 Å². The number of anilines is 1. The van der Waals surface area contributed by atoms with Gasteiger partial charge in [-0.3, -0.25) is 0 Å². The fourth-order valence-electron chi connectivity index (χ4n) is 2.44. The van der Waals surface area contributed by atoms with E-state index in [9.17, 15) is 17.9 Å². The molecular weight excluding hydrogens is 351 g/mol. The van der Waals surface area contributed by atoms with Crippen LogP contribution in [0.3, 0.4) is 0 Å². The number of rotatable bonds is 3. The predicted molar refractivity (Wildman–Crippen MR) is 77.1 cm³/mol. The number of sulfonamides is 1. The van der Waals surface area contributed by atoms with Gasteiger partial charge in [0.2, 0.25) is 10.0 Å². The summed E-state index contributed by atoms with van der Waals surface area (Å²) in [5.74, 6) is -0.546. The summed E-state index contributed by atoms with van der Waals surface area (Å²) in [6.07, 6.45) is 0.673. The van der Waals surface area contributed by atoms with Crippen molar-refractivity contribution in [3.8, 4) is 0 Å². The number of hydrogen-bond acceptors (Lipinski definition) is 4. The first-order valence-electron chi connectivity index (χ1n) is 6.16. The summed E-state index contributed by atoms with van der Waals surface area (Å²) in [6.45, 7) is 1.96. The van der Waals surface area contributed by atoms with Gasteiger partial charge < -0.3 is 10.8 Å². The van der Waals surface area contributed by atoms with E-state index in [0.29, 0.717) is 13.0 Å². The summed E-state index contributed by atoms with van der Waals surface area (Å²) in [4.78, 5) is -0.140. The molecule has 1 saturated heterocycles. The Kier molecular flexibility index (Phi) is 4.38. The molecule has 0 radical (unpaired) electrons. The van der Waals surface area contributed by atoms with E-state index < -0.39 is 21.9 Å². The van der Waals surface area contributed by atoms with Crippen LogP contribution in [0.25, 0.3) is 0 Å². The molecule has 20 heavy (non-hydrogen) atoms. The second-order valence-corrected chi connectivity index (χ2v) is 7.65. The molecule has 3 N–H and O–H groups in total. The van der Waals surface area contributed by atoms with Crippen LogP contribution >= 0.6 is 15.9 Å². The van der Waals surface area contributed by atoms with Gasteiger partial charge in [-0.25, -0.2) is 12.8 Å². The van der Waals surface area contributed by atoms with Gasteiger partial charge in [0.15, 0.2) is 0 Å². The van der Waals surface area contributed by atoms with Crippen molar-refractivity contribution < 1.29 is 17.9 Å². The maximum absolute atomic E-state index is 13.4. The number of benzene rings is 1. The van der Waals surface area contributed by atoms with Crippen molar-refractivity contribution in [3.63, 3.8) is 0 Å². The zero-order valence-electron chi connectivity index (χ0n) is 10.9. The van der Waals surface area contributed by atoms with Gasteiger partial charge in [-0.15, -0.1) is 0 Å². The second-order valence-electron chi connectivity index (χ2n) is 4.94. The molecule has 1 fully saturated rings. The van der Waals surface area contributed by atoms with Gasteiger partial charge >= 0.3 is 0 Å². The zero-order valence-corrected chi connectivity index (χ0v) is 13.3. The van der Waals surface area contributed by atoms with Gasteiger partial charge in [0, 0.05) is 6.54 Å². The number of aliphatic hydroxyl groups excluding tert-OH is 1. The number of nitrogen functional groups attached to an aromatic ring is 1. The first-order chi connectivity index (χ1) is 9.28. The van der Waals surface area contributed by atoms with Crippen molar-refractivity contribution in [2.45, 2.75) is 24.3 Å². The predicted octanol–water partition coefficient (Wildman–Crippen LogP) is 1.56. The van der Waals surface area contributed by atoms with Crippen LogP contribution in [0.5, 0.6) is 0 Å². The number of halogens is 2. The van der Waals surface area contributed by atoms with E-state index >= 15 is 0 Å². The minimum absolute atomic E-state index is 0.0399. The van der Waals surface area contributed by atoms with Crippen molar-refractivity contribution in [2.75, 3.05) is 18.9 Å². The second kappa shape index (κ2) is 5.59. The number of aliphatic hydroxyl groups is 1. The van der Waals surface area contributed by atoms with Crippen LogP contribution in [0, 0.1) is 11.7 Å². The highest BCUT2D eigenvalue weighted by Crippen LogP contribution is 2.34. The Morgan fingerprint density at radius 3 is 2.80 bits per heavy atom. The molecule has 2 rings (SSSR count). The van der Waals surface area contributed by atoms with Gasteiger partial charge in [0.25, 0.3) is 0 Å². The zero-order chi connectivity index (χ0) is 15.1. The molecule has 1 aliphatic rings. The van der Waals surface area contributed by atoms with E-state index in [0.717, 1.165) is 12.1 Å². The number of nitrogens with zero attached hydrogens (tertiary/aromatic N) is 1. The van der Waals surface area contributed by atoms with Crippen LogP contribution < -0.4 is 5.73 Å². The Labute approximate surface area is 125 Å². The summed E-state index contributed by atoms with van der Waals surface area (Å²) in [7, 11) is -3.85. The molecule has 8 heteroatoms. The van der Waals surface area contributed by atoms with Crippen LogP contribution in [0.1, 0.15) is 13.3 Å². The van der Waals surface area contributed by atoms with E-state index in [2.05, 4.69) is 15.9 Å². The van der Waals surface area contributed by atoms with Crippen molar-refractivity contribution >= 4 is 31.6 Å². The number of hydrogen-bond donors (Lipinski definition) is 2. The highest BCUT2D eigenvalue weighted by Gasteiger charge is 2.40. The van der Waals surface area contributed by atoms with Crippen molar-refractivity contribution in [3.05, 3.63) is 22.4 Å². The Bertz CT molecular complexity index is 623. The standard InChI is InChI=1S/C12H16BrFN2O3S/c1-7-2-3-16(11(7)6-17)20(18,19)12-4-8(13)9(14)5-10(12)15/h4-5,7,11,17H,2-3,6,15H2,1H3. The van der Waals surface area contributed by atoms with Gasteiger partial charge in [0.05, 0.1) is 22.8 Å². The molecule has 0 aliphatic carbocycles.